The van der Waals surface area contributed by atoms with Gasteiger partial charge in [0.15, 0.2) is 0 Å². The molecule has 0 heterocycles. The van der Waals surface area contributed by atoms with E-state index in [0.29, 0.717) is 23.0 Å². The molecule has 4 rings (SSSR count). The molecule has 4 nitrogen and oxygen atoms in total. The molecule has 0 saturated heterocycles. The lowest BCUT2D eigenvalue weighted by molar-refractivity contribution is -0.139. The van der Waals surface area contributed by atoms with Gasteiger partial charge in [0.2, 0.25) is 0 Å². The van der Waals surface area contributed by atoms with E-state index in [0.717, 1.165) is 0 Å². The number of rotatable bonds is 2. The van der Waals surface area contributed by atoms with Crippen LogP contribution in [0.4, 0.5) is 0 Å². The maximum absolute atomic E-state index is 12.5. The van der Waals surface area contributed by atoms with E-state index >= 15 is 0 Å². The van der Waals surface area contributed by atoms with Crippen LogP contribution in [0.3, 0.4) is 0 Å². The second-order valence-electron chi connectivity index (χ2n) is 7.25. The second kappa shape index (κ2) is 4.83. The fourth-order valence-corrected chi connectivity index (χ4v) is 5.51. The maximum Gasteiger partial charge on any atom is 0.335 e. The zero-order valence-corrected chi connectivity index (χ0v) is 14.1. The molecule has 23 heavy (non-hydrogen) atoms. The summed E-state index contributed by atoms with van der Waals surface area (Å²) in [5.41, 5.74) is 6.35. The van der Waals surface area contributed by atoms with Crippen LogP contribution in [-0.4, -0.2) is 26.2 Å². The number of hydrogen-bond acceptors (Lipinski definition) is 4. The first-order valence-electron chi connectivity index (χ1n) is 8.33. The lowest BCUT2D eigenvalue weighted by atomic mass is 9.79. The van der Waals surface area contributed by atoms with E-state index in [4.69, 9.17) is 9.47 Å². The molecule has 4 bridgehead atoms. The third kappa shape index (κ3) is 1.67. The molecule has 0 amide bonds. The Balaban J connectivity index is 1.94. The van der Waals surface area contributed by atoms with Crippen LogP contribution in [0.15, 0.2) is 33.4 Å². The molecule has 4 aliphatic rings. The van der Waals surface area contributed by atoms with Gasteiger partial charge in [0.1, 0.15) is 0 Å². The third-order valence-electron chi connectivity index (χ3n) is 6.15. The van der Waals surface area contributed by atoms with Gasteiger partial charge >= 0.3 is 11.9 Å². The summed E-state index contributed by atoms with van der Waals surface area (Å²) < 4.78 is 10.0. The number of allylic oxidation sites excluding steroid dienone is 4. The molecule has 0 aromatic heterocycles. The number of methoxy groups -OCH3 is 2. The average Bonchev–Trinajstić information content (AvgIpc) is 3.27. The van der Waals surface area contributed by atoms with Crippen LogP contribution in [0, 0.1) is 23.7 Å². The minimum atomic E-state index is -0.383. The minimum Gasteiger partial charge on any atom is -0.466 e. The molecular formula is C19H22O4. The van der Waals surface area contributed by atoms with Crippen LogP contribution in [0.1, 0.15) is 33.1 Å². The predicted molar refractivity (Wildman–Crippen MR) is 84.3 cm³/mol. The molecule has 0 radical (unpaired) electrons. The van der Waals surface area contributed by atoms with Crippen molar-refractivity contribution >= 4 is 11.9 Å². The number of hydrogen-bond donors (Lipinski definition) is 0. The molecular weight excluding hydrogens is 292 g/mol. The van der Waals surface area contributed by atoms with Gasteiger partial charge in [-0.2, -0.15) is 0 Å². The van der Waals surface area contributed by atoms with E-state index in [2.05, 4.69) is 13.8 Å². The lowest BCUT2D eigenvalue weighted by Gasteiger charge is -2.25. The molecule has 0 aromatic rings. The molecule has 0 unspecified atom stereocenters. The minimum absolute atomic E-state index is 0.0446. The first kappa shape index (κ1) is 14.7. The fourth-order valence-electron chi connectivity index (χ4n) is 5.51. The van der Waals surface area contributed by atoms with Crippen molar-refractivity contribution in [3.8, 4) is 0 Å². The van der Waals surface area contributed by atoms with Gasteiger partial charge in [-0.15, -0.1) is 0 Å². The number of ether oxygens (including phenoxy) is 2. The molecule has 4 heteroatoms. The van der Waals surface area contributed by atoms with Crippen LogP contribution in [0.5, 0.6) is 0 Å². The number of carbonyl (C=O) groups excluding carboxylic acids is 2. The highest BCUT2D eigenvalue weighted by Gasteiger charge is 2.60. The van der Waals surface area contributed by atoms with Crippen LogP contribution < -0.4 is 0 Å². The zero-order valence-electron chi connectivity index (χ0n) is 14.1. The van der Waals surface area contributed by atoms with Crippen molar-refractivity contribution in [2.75, 3.05) is 14.2 Å². The van der Waals surface area contributed by atoms with E-state index in [1.165, 1.54) is 55.8 Å². The SMILES string of the molecule is COC(=O)C1=C(C(=O)OC)[C@H]2C3=C([C@@H]4CC[C@H]3C4)[C@@H]1C2=C(C)C. The van der Waals surface area contributed by atoms with E-state index < -0.39 is 0 Å². The smallest absolute Gasteiger partial charge is 0.335 e. The zero-order chi connectivity index (χ0) is 16.5. The molecule has 4 atom stereocenters. The molecule has 1 fully saturated rings. The van der Waals surface area contributed by atoms with Gasteiger partial charge in [-0.25, -0.2) is 9.59 Å². The van der Waals surface area contributed by atoms with Crippen molar-refractivity contribution in [3.63, 3.8) is 0 Å². The van der Waals surface area contributed by atoms with E-state index in [1.54, 1.807) is 0 Å². The quantitative estimate of drug-likeness (QED) is 0.447. The van der Waals surface area contributed by atoms with Crippen molar-refractivity contribution < 1.29 is 19.1 Å². The standard InChI is InChI=1S/C19H22O4/c1-8(2)11-14-12-9-5-6-10(7-9)13(12)15(11)17(19(21)23-4)16(14)18(20)22-3/h9-10,14-15H,5-7H2,1-4H3/t9-,10+,14+,15-. The van der Waals surface area contributed by atoms with Gasteiger partial charge in [-0.05, 0) is 50.5 Å². The Morgan fingerprint density at radius 2 is 1.30 bits per heavy atom. The Labute approximate surface area is 136 Å². The highest BCUT2D eigenvalue weighted by atomic mass is 16.5. The molecule has 0 spiro atoms. The molecule has 1 saturated carbocycles. The number of fused-ring (bicyclic) bond motifs is 8. The van der Waals surface area contributed by atoms with Crippen molar-refractivity contribution in [3.05, 3.63) is 33.4 Å². The summed E-state index contributed by atoms with van der Waals surface area (Å²) in [5.74, 6) is 0.307. The molecule has 0 N–H and O–H groups in total. The Bertz CT molecular complexity index is 666. The van der Waals surface area contributed by atoms with Crippen LogP contribution >= 0.6 is 0 Å². The predicted octanol–water partition coefficient (Wildman–Crippen LogP) is 2.95. The van der Waals surface area contributed by atoms with E-state index in [-0.39, 0.29) is 23.8 Å². The Morgan fingerprint density at radius 1 is 0.870 bits per heavy atom. The van der Waals surface area contributed by atoms with Crippen molar-refractivity contribution in [1.82, 2.24) is 0 Å². The van der Waals surface area contributed by atoms with Gasteiger partial charge in [0.25, 0.3) is 0 Å². The highest BCUT2D eigenvalue weighted by molar-refractivity contribution is 6.06. The Morgan fingerprint density at radius 3 is 1.65 bits per heavy atom. The Hall–Kier alpha value is -1.84. The monoisotopic (exact) mass is 314 g/mol. The number of carbonyl (C=O) groups is 2. The molecule has 122 valence electrons. The van der Waals surface area contributed by atoms with Crippen LogP contribution in [-0.2, 0) is 19.1 Å². The van der Waals surface area contributed by atoms with Gasteiger partial charge in [-0.3, -0.25) is 0 Å². The number of esters is 2. The van der Waals surface area contributed by atoms with Gasteiger partial charge in [-0.1, -0.05) is 16.7 Å². The first-order chi connectivity index (χ1) is 11.0. The average molecular weight is 314 g/mol. The fraction of sp³-hybridized carbons (Fsp3) is 0.579. The van der Waals surface area contributed by atoms with Crippen LogP contribution in [0.2, 0.25) is 0 Å². The molecule has 4 aliphatic carbocycles. The van der Waals surface area contributed by atoms with Crippen molar-refractivity contribution in [2.24, 2.45) is 23.7 Å². The van der Waals surface area contributed by atoms with Gasteiger partial charge in [0, 0.05) is 11.8 Å². The summed E-state index contributed by atoms with van der Waals surface area (Å²) >= 11 is 0. The summed E-state index contributed by atoms with van der Waals surface area (Å²) in [4.78, 5) is 24.9. The lowest BCUT2D eigenvalue weighted by Crippen LogP contribution is -2.24. The molecule has 0 aliphatic heterocycles. The summed E-state index contributed by atoms with van der Waals surface area (Å²) in [6.45, 7) is 4.16. The summed E-state index contributed by atoms with van der Waals surface area (Å²) in [6.07, 6.45) is 3.62. The largest absolute Gasteiger partial charge is 0.466 e. The molecule has 0 aromatic carbocycles. The first-order valence-corrected chi connectivity index (χ1v) is 8.33. The summed E-state index contributed by atoms with van der Waals surface area (Å²) in [5, 5.41) is 0. The van der Waals surface area contributed by atoms with E-state index in [1.807, 2.05) is 0 Å². The highest BCUT2D eigenvalue weighted by Crippen LogP contribution is 2.67. The van der Waals surface area contributed by atoms with Gasteiger partial charge in [0.05, 0.1) is 25.4 Å². The third-order valence-corrected chi connectivity index (χ3v) is 6.15. The Kier molecular flexibility index (Phi) is 3.09. The summed E-state index contributed by atoms with van der Waals surface area (Å²) in [6, 6.07) is 0. The van der Waals surface area contributed by atoms with Crippen molar-refractivity contribution in [2.45, 2.75) is 33.1 Å². The van der Waals surface area contributed by atoms with Crippen molar-refractivity contribution in [1.29, 1.82) is 0 Å². The maximum atomic E-state index is 12.5. The normalized spacial score (nSPS) is 33.5. The second-order valence-corrected chi connectivity index (χ2v) is 7.25. The topological polar surface area (TPSA) is 52.6 Å². The van der Waals surface area contributed by atoms with Crippen LogP contribution in [0.25, 0.3) is 0 Å². The summed E-state index contributed by atoms with van der Waals surface area (Å²) in [7, 11) is 2.77. The van der Waals surface area contributed by atoms with E-state index in [9.17, 15) is 9.59 Å². The van der Waals surface area contributed by atoms with Gasteiger partial charge < -0.3 is 9.47 Å².